The zero-order chi connectivity index (χ0) is 19.1. The number of nitrogens with one attached hydrogen (secondary N) is 2. The minimum atomic E-state index is -0.859. The van der Waals surface area contributed by atoms with Gasteiger partial charge in [-0.2, -0.15) is 0 Å². The molecule has 136 valence electrons. The molecule has 0 bridgehead atoms. The zero-order valence-corrected chi connectivity index (χ0v) is 14.7. The van der Waals surface area contributed by atoms with Crippen molar-refractivity contribution >= 4 is 46.7 Å². The van der Waals surface area contributed by atoms with Crippen molar-refractivity contribution in [2.24, 2.45) is 0 Å². The Kier molecular flexibility index (Phi) is 6.94. The van der Waals surface area contributed by atoms with E-state index >= 15 is 0 Å². The fourth-order valence-corrected chi connectivity index (χ4v) is 2.22. The van der Waals surface area contributed by atoms with Crippen LogP contribution < -0.4 is 10.6 Å². The Labute approximate surface area is 158 Å². The van der Waals surface area contributed by atoms with Crippen molar-refractivity contribution in [2.45, 2.75) is 0 Å². The first kappa shape index (κ1) is 19.7. The van der Waals surface area contributed by atoms with Gasteiger partial charge in [0, 0.05) is 0 Å². The number of carbonyl (C=O) groups is 3. The summed E-state index contributed by atoms with van der Waals surface area (Å²) >= 11 is 11.7. The molecule has 0 aliphatic rings. The van der Waals surface area contributed by atoms with Crippen molar-refractivity contribution in [1.82, 2.24) is 5.32 Å². The summed E-state index contributed by atoms with van der Waals surface area (Å²) in [5.74, 6) is -2.98. The quantitative estimate of drug-likeness (QED) is 0.732. The lowest BCUT2D eigenvalue weighted by atomic mass is 10.2. The second-order valence-corrected chi connectivity index (χ2v) is 5.76. The molecule has 0 aromatic heterocycles. The summed E-state index contributed by atoms with van der Waals surface area (Å²) in [4.78, 5) is 35.1. The Bertz CT molecular complexity index is 845. The fraction of sp³-hybridized carbons (Fsp3) is 0.118. The number of ether oxygens (including phenoxy) is 1. The Balaban J connectivity index is 1.78. The number of amides is 2. The van der Waals surface area contributed by atoms with E-state index in [0.29, 0.717) is 0 Å². The maximum atomic E-state index is 13.4. The van der Waals surface area contributed by atoms with Crippen LogP contribution >= 0.6 is 23.2 Å². The molecule has 0 radical (unpaired) electrons. The van der Waals surface area contributed by atoms with E-state index < -0.39 is 36.8 Å². The van der Waals surface area contributed by atoms with Crippen molar-refractivity contribution in [1.29, 1.82) is 0 Å². The number of hydrogen-bond acceptors (Lipinski definition) is 4. The first-order valence-electron chi connectivity index (χ1n) is 7.30. The number of esters is 1. The second kappa shape index (κ2) is 9.17. The van der Waals surface area contributed by atoms with Gasteiger partial charge in [0.15, 0.2) is 6.61 Å². The van der Waals surface area contributed by atoms with Gasteiger partial charge in [0.2, 0.25) is 0 Å². The molecule has 0 unspecified atom stereocenters. The highest BCUT2D eigenvalue weighted by Gasteiger charge is 2.14. The molecule has 2 aromatic rings. The highest BCUT2D eigenvalue weighted by atomic mass is 35.5. The van der Waals surface area contributed by atoms with Gasteiger partial charge in [-0.15, -0.1) is 0 Å². The van der Waals surface area contributed by atoms with Crippen molar-refractivity contribution in [2.75, 3.05) is 18.5 Å². The van der Waals surface area contributed by atoms with Gasteiger partial charge < -0.3 is 15.4 Å². The average Bonchev–Trinajstić information content (AvgIpc) is 2.62. The third kappa shape index (κ3) is 5.44. The minimum Gasteiger partial charge on any atom is -0.454 e. The maximum absolute atomic E-state index is 13.4. The second-order valence-electron chi connectivity index (χ2n) is 4.97. The van der Waals surface area contributed by atoms with Crippen LogP contribution in [0.4, 0.5) is 10.1 Å². The molecule has 26 heavy (non-hydrogen) atoms. The largest absolute Gasteiger partial charge is 0.454 e. The topological polar surface area (TPSA) is 84.5 Å². The third-order valence-corrected chi connectivity index (χ3v) is 3.92. The summed E-state index contributed by atoms with van der Waals surface area (Å²) in [6.45, 7) is -1.10. The van der Waals surface area contributed by atoms with Crippen LogP contribution in [-0.4, -0.2) is 30.9 Å². The number of carbonyl (C=O) groups excluding carboxylic acids is 3. The molecule has 0 saturated carbocycles. The van der Waals surface area contributed by atoms with Gasteiger partial charge in [-0.3, -0.25) is 14.4 Å². The minimum absolute atomic E-state index is 0.158. The molecule has 2 rings (SSSR count). The highest BCUT2D eigenvalue weighted by Crippen LogP contribution is 2.29. The summed E-state index contributed by atoms with van der Waals surface area (Å²) in [5.41, 5.74) is 0.0710. The lowest BCUT2D eigenvalue weighted by Gasteiger charge is -2.09. The summed E-state index contributed by atoms with van der Waals surface area (Å²) < 4.78 is 18.2. The van der Waals surface area contributed by atoms with Crippen LogP contribution in [0, 0.1) is 5.82 Å². The lowest BCUT2D eigenvalue weighted by Crippen LogP contribution is -2.32. The Hall–Kier alpha value is -2.64. The fourth-order valence-electron chi connectivity index (χ4n) is 1.88. The van der Waals surface area contributed by atoms with E-state index in [1.807, 2.05) is 0 Å². The van der Waals surface area contributed by atoms with Gasteiger partial charge in [0.1, 0.15) is 12.4 Å². The predicted molar refractivity (Wildman–Crippen MR) is 94.8 cm³/mol. The van der Waals surface area contributed by atoms with Crippen LogP contribution in [-0.2, 0) is 14.3 Å². The van der Waals surface area contributed by atoms with Gasteiger partial charge in [-0.25, -0.2) is 4.39 Å². The van der Waals surface area contributed by atoms with Gasteiger partial charge in [-0.05, 0) is 24.3 Å². The monoisotopic (exact) mass is 398 g/mol. The standard InChI is InChI=1S/C17H13Cl2FN2O4/c18-11-5-3-7-13(16(11)19)22-14(23)9-26-15(24)8-21-17(25)10-4-1-2-6-12(10)20/h1-7H,8-9H2,(H,21,25)(H,22,23). The number of hydrogen-bond donors (Lipinski definition) is 2. The predicted octanol–water partition coefficient (Wildman–Crippen LogP) is 3.04. The average molecular weight is 399 g/mol. The third-order valence-electron chi connectivity index (χ3n) is 3.10. The summed E-state index contributed by atoms with van der Waals surface area (Å²) in [5, 5.41) is 5.06. The maximum Gasteiger partial charge on any atom is 0.325 e. The van der Waals surface area contributed by atoms with Crippen LogP contribution in [0.2, 0.25) is 10.0 Å². The van der Waals surface area contributed by atoms with Crippen LogP contribution in [0.1, 0.15) is 10.4 Å². The molecule has 6 nitrogen and oxygen atoms in total. The molecular formula is C17H13Cl2FN2O4. The van der Waals surface area contributed by atoms with Gasteiger partial charge in [0.25, 0.3) is 11.8 Å². The van der Waals surface area contributed by atoms with E-state index in [1.54, 1.807) is 12.1 Å². The molecule has 2 aromatic carbocycles. The first-order valence-corrected chi connectivity index (χ1v) is 8.06. The molecule has 2 amide bonds. The van der Waals surface area contributed by atoms with E-state index in [2.05, 4.69) is 10.6 Å². The Morgan fingerprint density at radius 3 is 2.50 bits per heavy atom. The Morgan fingerprint density at radius 1 is 1.04 bits per heavy atom. The van der Waals surface area contributed by atoms with Gasteiger partial charge in [0.05, 0.1) is 21.3 Å². The highest BCUT2D eigenvalue weighted by molar-refractivity contribution is 6.44. The smallest absolute Gasteiger partial charge is 0.325 e. The zero-order valence-electron chi connectivity index (χ0n) is 13.2. The van der Waals surface area contributed by atoms with Crippen LogP contribution in [0.25, 0.3) is 0 Å². The van der Waals surface area contributed by atoms with Crippen LogP contribution in [0.15, 0.2) is 42.5 Å². The van der Waals surface area contributed by atoms with Gasteiger partial charge >= 0.3 is 5.97 Å². The molecule has 2 N–H and O–H groups in total. The Morgan fingerprint density at radius 2 is 1.77 bits per heavy atom. The number of anilines is 1. The van der Waals surface area contributed by atoms with E-state index in [4.69, 9.17) is 27.9 Å². The van der Waals surface area contributed by atoms with E-state index in [1.165, 1.54) is 24.3 Å². The molecule has 0 fully saturated rings. The molecule has 0 aliphatic heterocycles. The summed E-state index contributed by atoms with van der Waals surface area (Å²) in [6, 6.07) is 10.00. The molecule has 9 heteroatoms. The molecule has 0 aliphatic carbocycles. The lowest BCUT2D eigenvalue weighted by molar-refractivity contribution is -0.146. The SMILES string of the molecule is O=C(COC(=O)CNC(=O)c1ccccc1F)Nc1cccc(Cl)c1Cl. The molecule has 0 saturated heterocycles. The van der Waals surface area contributed by atoms with E-state index in [9.17, 15) is 18.8 Å². The van der Waals surface area contributed by atoms with E-state index in [0.717, 1.165) is 6.07 Å². The number of rotatable bonds is 6. The first-order chi connectivity index (χ1) is 12.4. The van der Waals surface area contributed by atoms with Gasteiger partial charge in [-0.1, -0.05) is 41.4 Å². The van der Waals surface area contributed by atoms with Crippen LogP contribution in [0.3, 0.4) is 0 Å². The normalized spacial score (nSPS) is 10.1. The summed E-state index contributed by atoms with van der Waals surface area (Å²) in [6.07, 6.45) is 0. The molecule has 0 spiro atoms. The number of halogens is 3. The molecule has 0 atom stereocenters. The van der Waals surface area contributed by atoms with E-state index in [-0.39, 0.29) is 21.3 Å². The molecular weight excluding hydrogens is 386 g/mol. The van der Waals surface area contributed by atoms with Crippen molar-refractivity contribution in [3.8, 4) is 0 Å². The summed E-state index contributed by atoms with van der Waals surface area (Å²) in [7, 11) is 0. The molecule has 0 heterocycles. The van der Waals surface area contributed by atoms with Crippen molar-refractivity contribution in [3.63, 3.8) is 0 Å². The van der Waals surface area contributed by atoms with Crippen molar-refractivity contribution in [3.05, 3.63) is 63.9 Å². The van der Waals surface area contributed by atoms with Crippen molar-refractivity contribution < 1.29 is 23.5 Å². The van der Waals surface area contributed by atoms with Crippen LogP contribution in [0.5, 0.6) is 0 Å². The number of benzene rings is 2.